The molecule has 0 aliphatic carbocycles. The zero-order valence-electron chi connectivity index (χ0n) is 16.5. The highest BCUT2D eigenvalue weighted by molar-refractivity contribution is 5.99. The Bertz CT molecular complexity index is 594. The summed E-state index contributed by atoms with van der Waals surface area (Å²) in [5.74, 6) is -0.265. The zero-order chi connectivity index (χ0) is 19.6. The Morgan fingerprint density at radius 2 is 1.81 bits per heavy atom. The van der Waals surface area contributed by atoms with Gasteiger partial charge in [0.15, 0.2) is 0 Å². The third kappa shape index (κ3) is 6.02. The molecule has 1 aromatic carbocycles. The van der Waals surface area contributed by atoms with Crippen molar-refractivity contribution in [1.82, 2.24) is 0 Å². The average molecular weight is 365 g/mol. The molecule has 0 aromatic heterocycles. The van der Waals surface area contributed by atoms with E-state index in [0.29, 0.717) is 36.6 Å². The first kappa shape index (κ1) is 22.0. The van der Waals surface area contributed by atoms with Gasteiger partial charge in [0.25, 0.3) is 5.91 Å². The third-order valence-corrected chi connectivity index (χ3v) is 3.86. The molecule has 6 heteroatoms. The standard InChI is InChI=1S/C20H31NO5/c1-6-12-20(5,26-9-4)19(23)21-15-10-11-17(25-13-7-2)16(14-15)18(22)24-8-3/h10-11,14H,6-9,12-13H2,1-5H3,(H,21,23)/t20-/m0/s1. The van der Waals surface area contributed by atoms with Crippen LogP contribution in [-0.4, -0.2) is 37.3 Å². The largest absolute Gasteiger partial charge is 0.493 e. The second kappa shape index (κ2) is 10.8. The molecule has 0 bridgehead atoms. The summed E-state index contributed by atoms with van der Waals surface area (Å²) in [7, 11) is 0. The molecule has 0 radical (unpaired) electrons. The number of hydrogen-bond acceptors (Lipinski definition) is 5. The molecule has 1 atom stereocenters. The van der Waals surface area contributed by atoms with Crippen molar-refractivity contribution in [2.75, 3.05) is 25.1 Å². The fraction of sp³-hybridized carbons (Fsp3) is 0.600. The summed E-state index contributed by atoms with van der Waals surface area (Å²) >= 11 is 0. The van der Waals surface area contributed by atoms with Gasteiger partial charge in [-0.15, -0.1) is 0 Å². The van der Waals surface area contributed by atoms with Crippen LogP contribution in [0.15, 0.2) is 18.2 Å². The molecular weight excluding hydrogens is 334 g/mol. The second-order valence-electron chi connectivity index (χ2n) is 6.15. The van der Waals surface area contributed by atoms with E-state index in [4.69, 9.17) is 14.2 Å². The number of anilines is 1. The molecule has 1 aromatic rings. The molecule has 0 saturated carbocycles. The van der Waals surface area contributed by atoms with Gasteiger partial charge in [0.05, 0.1) is 13.2 Å². The van der Waals surface area contributed by atoms with Crippen LogP contribution in [0, 0.1) is 0 Å². The van der Waals surface area contributed by atoms with Gasteiger partial charge in [0.1, 0.15) is 16.9 Å². The minimum absolute atomic E-state index is 0.238. The molecule has 0 heterocycles. The molecule has 0 spiro atoms. The van der Waals surface area contributed by atoms with E-state index in [0.717, 1.165) is 12.8 Å². The molecule has 146 valence electrons. The van der Waals surface area contributed by atoms with E-state index in [9.17, 15) is 9.59 Å². The number of amides is 1. The minimum atomic E-state index is -0.912. The van der Waals surface area contributed by atoms with Crippen LogP contribution < -0.4 is 10.1 Å². The lowest BCUT2D eigenvalue weighted by molar-refractivity contribution is -0.139. The van der Waals surface area contributed by atoms with Gasteiger partial charge in [-0.25, -0.2) is 4.79 Å². The van der Waals surface area contributed by atoms with E-state index in [1.54, 1.807) is 32.0 Å². The van der Waals surface area contributed by atoms with Gasteiger partial charge in [0.2, 0.25) is 0 Å². The SMILES string of the molecule is CCCOc1ccc(NC(=O)[C@](C)(CCC)OCC)cc1C(=O)OCC. The summed E-state index contributed by atoms with van der Waals surface area (Å²) in [6, 6.07) is 4.97. The van der Waals surface area contributed by atoms with Crippen LogP contribution in [0.1, 0.15) is 64.2 Å². The first-order valence-corrected chi connectivity index (χ1v) is 9.31. The molecule has 26 heavy (non-hydrogen) atoms. The van der Waals surface area contributed by atoms with E-state index < -0.39 is 11.6 Å². The minimum Gasteiger partial charge on any atom is -0.493 e. The van der Waals surface area contributed by atoms with E-state index in [2.05, 4.69) is 5.32 Å². The summed E-state index contributed by atoms with van der Waals surface area (Å²) < 4.78 is 16.4. The van der Waals surface area contributed by atoms with Crippen molar-refractivity contribution in [3.8, 4) is 5.75 Å². The summed E-state index contributed by atoms with van der Waals surface area (Å²) in [5.41, 5.74) is -0.110. The van der Waals surface area contributed by atoms with Gasteiger partial charge in [-0.05, 0) is 51.8 Å². The third-order valence-electron chi connectivity index (χ3n) is 3.86. The Hall–Kier alpha value is -2.08. The Kier molecular flexibility index (Phi) is 9.13. The molecule has 0 aliphatic rings. The normalized spacial score (nSPS) is 13.0. The predicted molar refractivity (Wildman–Crippen MR) is 102 cm³/mol. The highest BCUT2D eigenvalue weighted by Gasteiger charge is 2.33. The second-order valence-corrected chi connectivity index (χ2v) is 6.15. The lowest BCUT2D eigenvalue weighted by Crippen LogP contribution is -2.42. The number of carbonyl (C=O) groups excluding carboxylic acids is 2. The van der Waals surface area contributed by atoms with Crippen LogP contribution in [0.25, 0.3) is 0 Å². The van der Waals surface area contributed by atoms with Gasteiger partial charge in [0, 0.05) is 12.3 Å². The molecule has 0 saturated heterocycles. The van der Waals surface area contributed by atoms with E-state index in [1.807, 2.05) is 20.8 Å². The average Bonchev–Trinajstić information content (AvgIpc) is 2.61. The maximum atomic E-state index is 12.7. The maximum Gasteiger partial charge on any atom is 0.341 e. The lowest BCUT2D eigenvalue weighted by atomic mass is 9.99. The van der Waals surface area contributed by atoms with Gasteiger partial charge in [-0.2, -0.15) is 0 Å². The summed E-state index contributed by atoms with van der Waals surface area (Å²) in [6.07, 6.45) is 2.25. The number of nitrogens with one attached hydrogen (secondary N) is 1. The molecular formula is C20H31NO5. The summed E-state index contributed by atoms with van der Waals surface area (Å²) in [5, 5.41) is 2.85. The van der Waals surface area contributed by atoms with Crippen LogP contribution in [0.3, 0.4) is 0 Å². The van der Waals surface area contributed by atoms with Crippen molar-refractivity contribution in [2.24, 2.45) is 0 Å². The Balaban J connectivity index is 3.07. The van der Waals surface area contributed by atoms with Gasteiger partial charge >= 0.3 is 5.97 Å². The van der Waals surface area contributed by atoms with Crippen LogP contribution >= 0.6 is 0 Å². The molecule has 0 aliphatic heterocycles. The van der Waals surface area contributed by atoms with Gasteiger partial charge in [-0.3, -0.25) is 4.79 Å². The van der Waals surface area contributed by atoms with Crippen LogP contribution in [0.2, 0.25) is 0 Å². The summed E-state index contributed by atoms with van der Waals surface area (Å²) in [6.45, 7) is 10.6. The molecule has 6 nitrogen and oxygen atoms in total. The number of hydrogen-bond donors (Lipinski definition) is 1. The first-order valence-electron chi connectivity index (χ1n) is 9.31. The Morgan fingerprint density at radius 3 is 2.38 bits per heavy atom. The van der Waals surface area contributed by atoms with E-state index >= 15 is 0 Å². The molecule has 1 rings (SSSR count). The Morgan fingerprint density at radius 1 is 1.08 bits per heavy atom. The smallest absolute Gasteiger partial charge is 0.341 e. The monoisotopic (exact) mass is 365 g/mol. The van der Waals surface area contributed by atoms with Gasteiger partial charge < -0.3 is 19.5 Å². The predicted octanol–water partition coefficient (Wildman–Crippen LogP) is 4.19. The highest BCUT2D eigenvalue weighted by atomic mass is 16.5. The number of carbonyl (C=O) groups is 2. The Labute approximate surface area is 156 Å². The number of ether oxygens (including phenoxy) is 3. The highest BCUT2D eigenvalue weighted by Crippen LogP contribution is 2.26. The number of esters is 1. The van der Waals surface area contributed by atoms with Crippen molar-refractivity contribution >= 4 is 17.6 Å². The molecule has 1 N–H and O–H groups in total. The van der Waals surface area contributed by atoms with Gasteiger partial charge in [-0.1, -0.05) is 20.3 Å². The van der Waals surface area contributed by atoms with Crippen LogP contribution in [0.5, 0.6) is 5.75 Å². The fourth-order valence-electron chi connectivity index (χ4n) is 2.62. The molecule has 1 amide bonds. The van der Waals surface area contributed by atoms with Crippen molar-refractivity contribution in [3.05, 3.63) is 23.8 Å². The molecule has 0 unspecified atom stereocenters. The van der Waals surface area contributed by atoms with E-state index in [1.165, 1.54) is 0 Å². The topological polar surface area (TPSA) is 73.9 Å². The fourth-order valence-corrected chi connectivity index (χ4v) is 2.62. The number of benzene rings is 1. The van der Waals surface area contributed by atoms with Crippen molar-refractivity contribution < 1.29 is 23.8 Å². The van der Waals surface area contributed by atoms with Crippen LogP contribution in [0.4, 0.5) is 5.69 Å². The zero-order valence-corrected chi connectivity index (χ0v) is 16.5. The lowest BCUT2D eigenvalue weighted by Gasteiger charge is -2.28. The maximum absolute atomic E-state index is 12.7. The van der Waals surface area contributed by atoms with Crippen molar-refractivity contribution in [3.63, 3.8) is 0 Å². The van der Waals surface area contributed by atoms with E-state index in [-0.39, 0.29) is 12.5 Å². The van der Waals surface area contributed by atoms with Crippen LogP contribution in [-0.2, 0) is 14.3 Å². The first-order chi connectivity index (χ1) is 12.4. The van der Waals surface area contributed by atoms with Crippen molar-refractivity contribution in [2.45, 2.75) is 59.5 Å². The summed E-state index contributed by atoms with van der Waals surface area (Å²) in [4.78, 5) is 24.9. The molecule has 0 fully saturated rings. The van der Waals surface area contributed by atoms with Crippen molar-refractivity contribution in [1.29, 1.82) is 0 Å². The number of rotatable bonds is 11. The quantitative estimate of drug-likeness (QED) is 0.595.